The zero-order chi connectivity index (χ0) is 12.0. The number of amides is 1. The summed E-state index contributed by atoms with van der Waals surface area (Å²) in [6.07, 6.45) is 6.76. The van der Waals surface area contributed by atoms with Crippen LogP contribution in [-0.4, -0.2) is 24.7 Å². The molecule has 0 saturated heterocycles. The zero-order valence-electron chi connectivity index (χ0n) is 10.2. The van der Waals surface area contributed by atoms with Gasteiger partial charge in [-0.25, -0.2) is 0 Å². The van der Waals surface area contributed by atoms with Crippen LogP contribution < -0.4 is 11.5 Å². The Labute approximate surface area is 97.7 Å². The Morgan fingerprint density at radius 1 is 1.44 bits per heavy atom. The van der Waals surface area contributed by atoms with Gasteiger partial charge in [0.15, 0.2) is 0 Å². The van der Waals surface area contributed by atoms with Crippen LogP contribution in [0.1, 0.15) is 45.4 Å². The van der Waals surface area contributed by atoms with Crippen molar-refractivity contribution in [2.24, 2.45) is 17.4 Å². The van der Waals surface area contributed by atoms with E-state index in [-0.39, 0.29) is 12.2 Å². The van der Waals surface area contributed by atoms with Crippen LogP contribution in [0.5, 0.6) is 0 Å². The fraction of sp³-hybridized carbons (Fsp3) is 0.917. The van der Waals surface area contributed by atoms with E-state index in [1.165, 1.54) is 12.8 Å². The van der Waals surface area contributed by atoms with Crippen LogP contribution in [0.25, 0.3) is 0 Å². The van der Waals surface area contributed by atoms with E-state index in [1.54, 1.807) is 0 Å². The minimum atomic E-state index is -0.413. The van der Waals surface area contributed by atoms with Gasteiger partial charge in [-0.2, -0.15) is 0 Å². The van der Waals surface area contributed by atoms with Gasteiger partial charge in [0.1, 0.15) is 6.61 Å². The molecule has 1 amide bonds. The molecule has 0 heterocycles. The fourth-order valence-electron chi connectivity index (χ4n) is 2.53. The van der Waals surface area contributed by atoms with Crippen molar-refractivity contribution in [3.05, 3.63) is 0 Å². The first kappa shape index (κ1) is 13.5. The van der Waals surface area contributed by atoms with Gasteiger partial charge in [-0.1, -0.05) is 19.8 Å². The van der Waals surface area contributed by atoms with Crippen LogP contribution in [0.2, 0.25) is 0 Å². The Balaban J connectivity index is 2.41. The molecule has 0 aromatic carbocycles. The van der Waals surface area contributed by atoms with Gasteiger partial charge in [0.2, 0.25) is 5.91 Å². The highest BCUT2D eigenvalue weighted by Gasteiger charge is 2.35. The molecular weight excluding hydrogens is 204 g/mol. The lowest BCUT2D eigenvalue weighted by molar-refractivity contribution is -0.133. The summed E-state index contributed by atoms with van der Waals surface area (Å²) in [5.74, 6) is 0.394. The van der Waals surface area contributed by atoms with Crippen molar-refractivity contribution in [2.75, 3.05) is 13.2 Å². The Morgan fingerprint density at radius 3 is 2.50 bits per heavy atom. The Bertz CT molecular complexity index is 223. The third kappa shape index (κ3) is 3.76. The molecule has 94 valence electrons. The summed E-state index contributed by atoms with van der Waals surface area (Å²) in [5.41, 5.74) is 10.6. The summed E-state index contributed by atoms with van der Waals surface area (Å²) in [4.78, 5) is 10.7. The van der Waals surface area contributed by atoms with Crippen molar-refractivity contribution in [2.45, 2.75) is 51.0 Å². The summed E-state index contributed by atoms with van der Waals surface area (Å²) >= 11 is 0. The molecule has 0 radical (unpaired) electrons. The van der Waals surface area contributed by atoms with E-state index in [0.717, 1.165) is 31.6 Å². The predicted octanol–water partition coefficient (Wildman–Crippen LogP) is 1.18. The molecule has 0 aliphatic heterocycles. The highest BCUT2D eigenvalue weighted by atomic mass is 16.5. The van der Waals surface area contributed by atoms with Gasteiger partial charge in [-0.3, -0.25) is 4.79 Å². The first-order chi connectivity index (χ1) is 7.62. The summed E-state index contributed by atoms with van der Waals surface area (Å²) in [7, 11) is 0. The Hall–Kier alpha value is -0.610. The normalized spacial score (nSPS) is 30.2. The molecule has 0 atom stereocenters. The van der Waals surface area contributed by atoms with Gasteiger partial charge >= 0.3 is 0 Å². The lowest BCUT2D eigenvalue weighted by Crippen LogP contribution is -2.45. The quantitative estimate of drug-likeness (QED) is 0.716. The molecule has 0 aromatic heterocycles. The van der Waals surface area contributed by atoms with Crippen molar-refractivity contribution in [1.29, 1.82) is 0 Å². The molecule has 4 nitrogen and oxygen atoms in total. The molecule has 0 spiro atoms. The number of carbonyl (C=O) groups excluding carboxylic acids is 1. The number of primary amides is 1. The second kappa shape index (κ2) is 6.21. The highest BCUT2D eigenvalue weighted by Crippen LogP contribution is 2.36. The molecule has 16 heavy (non-hydrogen) atoms. The average Bonchev–Trinajstić information content (AvgIpc) is 2.29. The van der Waals surface area contributed by atoms with Crippen LogP contribution in [-0.2, 0) is 9.53 Å². The van der Waals surface area contributed by atoms with Crippen molar-refractivity contribution in [3.8, 4) is 0 Å². The maximum atomic E-state index is 10.7. The van der Waals surface area contributed by atoms with Crippen LogP contribution in [0.3, 0.4) is 0 Å². The second-order valence-corrected chi connectivity index (χ2v) is 4.87. The number of carbonyl (C=O) groups is 1. The van der Waals surface area contributed by atoms with Gasteiger partial charge in [-0.15, -0.1) is 0 Å². The van der Waals surface area contributed by atoms with Crippen molar-refractivity contribution < 1.29 is 9.53 Å². The predicted molar refractivity (Wildman–Crippen MR) is 63.8 cm³/mol. The standard InChI is InChI=1S/C12H24N2O2/c1-2-3-10-4-6-12(9-13,7-5-10)16-8-11(14)15/h10H,2-9,13H2,1H3,(H2,14,15). The van der Waals surface area contributed by atoms with E-state index in [1.807, 2.05) is 0 Å². The Kier molecular flexibility index (Phi) is 5.22. The van der Waals surface area contributed by atoms with Crippen LogP contribution in [0.15, 0.2) is 0 Å². The van der Waals surface area contributed by atoms with Crippen molar-refractivity contribution in [1.82, 2.24) is 0 Å². The third-order valence-corrected chi connectivity index (χ3v) is 3.61. The minimum absolute atomic E-state index is 0.00432. The van der Waals surface area contributed by atoms with Gasteiger partial charge < -0.3 is 16.2 Å². The second-order valence-electron chi connectivity index (χ2n) is 4.87. The lowest BCUT2D eigenvalue weighted by atomic mass is 9.77. The van der Waals surface area contributed by atoms with E-state index >= 15 is 0 Å². The molecule has 1 saturated carbocycles. The highest BCUT2D eigenvalue weighted by molar-refractivity contribution is 5.75. The van der Waals surface area contributed by atoms with Crippen LogP contribution in [0.4, 0.5) is 0 Å². The van der Waals surface area contributed by atoms with Crippen LogP contribution >= 0.6 is 0 Å². The van der Waals surface area contributed by atoms with E-state index < -0.39 is 5.91 Å². The SMILES string of the molecule is CCCC1CCC(CN)(OCC(N)=O)CC1. The van der Waals surface area contributed by atoms with Gasteiger partial charge in [0.25, 0.3) is 0 Å². The maximum absolute atomic E-state index is 10.7. The van der Waals surface area contributed by atoms with Crippen molar-refractivity contribution in [3.63, 3.8) is 0 Å². The topological polar surface area (TPSA) is 78.3 Å². The van der Waals surface area contributed by atoms with Crippen molar-refractivity contribution >= 4 is 5.91 Å². The van der Waals surface area contributed by atoms with Gasteiger partial charge in [-0.05, 0) is 31.6 Å². The number of rotatable bonds is 6. The van der Waals surface area contributed by atoms with Crippen LogP contribution in [0, 0.1) is 5.92 Å². The van der Waals surface area contributed by atoms with E-state index in [0.29, 0.717) is 6.54 Å². The Morgan fingerprint density at radius 2 is 2.06 bits per heavy atom. The molecule has 1 rings (SSSR count). The average molecular weight is 228 g/mol. The lowest BCUT2D eigenvalue weighted by Gasteiger charge is -2.39. The van der Waals surface area contributed by atoms with E-state index in [9.17, 15) is 4.79 Å². The number of hydrogen-bond donors (Lipinski definition) is 2. The monoisotopic (exact) mass is 228 g/mol. The molecule has 0 unspecified atom stereocenters. The first-order valence-electron chi connectivity index (χ1n) is 6.24. The first-order valence-corrected chi connectivity index (χ1v) is 6.24. The van der Waals surface area contributed by atoms with E-state index in [4.69, 9.17) is 16.2 Å². The molecule has 4 heteroatoms. The van der Waals surface area contributed by atoms with E-state index in [2.05, 4.69) is 6.92 Å². The molecule has 0 aromatic rings. The van der Waals surface area contributed by atoms with Gasteiger partial charge in [0, 0.05) is 6.54 Å². The molecule has 4 N–H and O–H groups in total. The minimum Gasteiger partial charge on any atom is -0.368 e. The molecule has 1 aliphatic carbocycles. The summed E-state index contributed by atoms with van der Waals surface area (Å²) < 4.78 is 5.61. The smallest absolute Gasteiger partial charge is 0.243 e. The molecule has 1 fully saturated rings. The summed E-state index contributed by atoms with van der Waals surface area (Å²) in [6, 6.07) is 0. The van der Waals surface area contributed by atoms with Gasteiger partial charge in [0.05, 0.1) is 5.60 Å². The summed E-state index contributed by atoms with van der Waals surface area (Å²) in [5, 5.41) is 0. The summed E-state index contributed by atoms with van der Waals surface area (Å²) in [6.45, 7) is 2.70. The number of nitrogens with two attached hydrogens (primary N) is 2. The fourth-order valence-corrected chi connectivity index (χ4v) is 2.53. The number of hydrogen-bond acceptors (Lipinski definition) is 3. The molecule has 1 aliphatic rings. The zero-order valence-corrected chi connectivity index (χ0v) is 10.2. The molecular formula is C12H24N2O2. The largest absolute Gasteiger partial charge is 0.368 e. The maximum Gasteiger partial charge on any atom is 0.243 e. The third-order valence-electron chi connectivity index (χ3n) is 3.61. The number of ether oxygens (including phenoxy) is 1. The molecule has 0 bridgehead atoms.